The molecule has 7 nitrogen and oxygen atoms in total. The van der Waals surface area contributed by atoms with Gasteiger partial charge in [0.15, 0.2) is 0 Å². The average Bonchev–Trinajstić information content (AvgIpc) is 2.84. The number of nitrogens with zero attached hydrogens (tertiary/aromatic N) is 2. The Hall–Kier alpha value is -4.26. The molecule has 0 unspecified atom stereocenters. The molecular weight excluding hydrogens is 416 g/mol. The van der Waals surface area contributed by atoms with Gasteiger partial charge in [0.05, 0.1) is 16.7 Å². The molecule has 0 saturated carbocycles. The van der Waals surface area contributed by atoms with Gasteiger partial charge in [-0.3, -0.25) is 19.0 Å². The normalized spacial score (nSPS) is 11.7. The molecule has 0 spiro atoms. The fourth-order valence-corrected chi connectivity index (χ4v) is 3.64. The third kappa shape index (κ3) is 4.52. The van der Waals surface area contributed by atoms with E-state index in [-0.39, 0.29) is 17.5 Å². The Balaban J connectivity index is 1.85. The predicted octanol–water partition coefficient (Wildman–Crippen LogP) is 4.61. The highest BCUT2D eigenvalue weighted by Gasteiger charge is 2.23. The van der Waals surface area contributed by atoms with Crippen molar-refractivity contribution in [1.29, 1.82) is 0 Å². The van der Waals surface area contributed by atoms with E-state index >= 15 is 0 Å². The molecule has 0 bridgehead atoms. The third-order valence-corrected chi connectivity index (χ3v) is 5.38. The number of fused-ring (bicyclic) bond motifs is 1. The minimum Gasteiger partial charge on any atom is -0.325 e. The van der Waals surface area contributed by atoms with Crippen LogP contribution in [0.3, 0.4) is 0 Å². The van der Waals surface area contributed by atoms with Gasteiger partial charge in [-0.1, -0.05) is 55.5 Å². The number of hydrogen-bond acceptors (Lipinski definition) is 4. The summed E-state index contributed by atoms with van der Waals surface area (Å²) in [5.74, 6) is -0.489. The van der Waals surface area contributed by atoms with Gasteiger partial charge in [0.1, 0.15) is 11.7 Å². The van der Waals surface area contributed by atoms with Gasteiger partial charge in [0, 0.05) is 17.7 Å². The molecular formula is C26H24N4O3. The Bertz CT molecular complexity index is 1380. The summed E-state index contributed by atoms with van der Waals surface area (Å²) in [7, 11) is 0. The molecule has 0 radical (unpaired) electrons. The van der Waals surface area contributed by atoms with Crippen LogP contribution < -0.4 is 16.2 Å². The van der Waals surface area contributed by atoms with Crippen molar-refractivity contribution in [2.75, 3.05) is 10.6 Å². The van der Waals surface area contributed by atoms with Gasteiger partial charge in [0.2, 0.25) is 11.8 Å². The van der Waals surface area contributed by atoms with Gasteiger partial charge in [-0.25, -0.2) is 4.98 Å². The first-order chi connectivity index (χ1) is 16.0. The van der Waals surface area contributed by atoms with Crippen molar-refractivity contribution in [3.05, 3.63) is 89.2 Å². The lowest BCUT2D eigenvalue weighted by Crippen LogP contribution is -2.33. The maximum absolute atomic E-state index is 13.7. The van der Waals surface area contributed by atoms with Crippen LogP contribution in [-0.4, -0.2) is 21.4 Å². The maximum Gasteiger partial charge on any atom is 0.278 e. The molecule has 2 amide bonds. The summed E-state index contributed by atoms with van der Waals surface area (Å²) >= 11 is 0. The quantitative estimate of drug-likeness (QED) is 0.458. The zero-order chi connectivity index (χ0) is 23.4. The number of nitrogens with one attached hydrogen (secondary N) is 2. The maximum atomic E-state index is 13.7. The number of carbonyl (C=O) groups excluding carboxylic acids is 2. The van der Waals surface area contributed by atoms with Crippen LogP contribution in [-0.2, 0) is 9.59 Å². The van der Waals surface area contributed by atoms with E-state index in [1.807, 2.05) is 24.3 Å². The van der Waals surface area contributed by atoms with Crippen LogP contribution in [0.15, 0.2) is 83.7 Å². The first kappa shape index (κ1) is 22.0. The van der Waals surface area contributed by atoms with Crippen LogP contribution in [0, 0.1) is 0 Å². The largest absolute Gasteiger partial charge is 0.325 e. The fourth-order valence-electron chi connectivity index (χ4n) is 3.64. The minimum atomic E-state index is -0.804. The van der Waals surface area contributed by atoms with Crippen molar-refractivity contribution >= 4 is 34.2 Å². The highest BCUT2D eigenvalue weighted by Crippen LogP contribution is 2.27. The van der Waals surface area contributed by atoms with Crippen LogP contribution in [0.4, 0.5) is 11.4 Å². The second-order valence-corrected chi connectivity index (χ2v) is 7.60. The van der Waals surface area contributed by atoms with Crippen LogP contribution in [0.2, 0.25) is 0 Å². The van der Waals surface area contributed by atoms with Crippen LogP contribution in [0.25, 0.3) is 22.3 Å². The van der Waals surface area contributed by atoms with Gasteiger partial charge < -0.3 is 10.6 Å². The van der Waals surface area contributed by atoms with Gasteiger partial charge in [0.25, 0.3) is 5.56 Å². The zero-order valence-corrected chi connectivity index (χ0v) is 18.4. The summed E-state index contributed by atoms with van der Waals surface area (Å²) in [6, 6.07) is 22.5. The van der Waals surface area contributed by atoms with Gasteiger partial charge >= 0.3 is 0 Å². The second-order valence-electron chi connectivity index (χ2n) is 7.60. The number of aromatic nitrogens is 2. The molecule has 0 aliphatic rings. The lowest BCUT2D eigenvalue weighted by molar-refractivity contribution is -0.119. The topological polar surface area (TPSA) is 93.1 Å². The average molecular weight is 441 g/mol. The van der Waals surface area contributed by atoms with E-state index < -0.39 is 11.6 Å². The zero-order valence-electron chi connectivity index (χ0n) is 18.4. The molecule has 0 aliphatic heterocycles. The van der Waals surface area contributed by atoms with E-state index in [2.05, 4.69) is 15.6 Å². The molecule has 4 aromatic rings. The molecule has 0 aliphatic carbocycles. The van der Waals surface area contributed by atoms with E-state index in [1.165, 1.54) is 4.57 Å². The molecule has 4 rings (SSSR count). The van der Waals surface area contributed by atoms with Crippen molar-refractivity contribution in [1.82, 2.24) is 9.55 Å². The summed E-state index contributed by atoms with van der Waals surface area (Å²) in [6.07, 6.45) is 0.306. The number of anilines is 2. The Kier molecular flexibility index (Phi) is 6.31. The van der Waals surface area contributed by atoms with E-state index in [0.717, 1.165) is 0 Å². The van der Waals surface area contributed by atoms with Crippen LogP contribution >= 0.6 is 0 Å². The number of carbonyl (C=O) groups is 2. The molecule has 3 aromatic carbocycles. The van der Waals surface area contributed by atoms with Crippen molar-refractivity contribution in [3.63, 3.8) is 0 Å². The lowest BCUT2D eigenvalue weighted by Gasteiger charge is -2.19. The standard InChI is InChI=1S/C26H24N4O3/c1-3-23(31)28-20-14-8-7-13-19(20)24-26(33)30(22-16-10-9-15-21(22)29-24)17(2)25(32)27-18-11-5-4-6-12-18/h4-17H,3H2,1-2H3,(H,27,32)(H,28,31)/t17-/m0/s1. The van der Waals surface area contributed by atoms with Crippen molar-refractivity contribution in [3.8, 4) is 11.3 Å². The number of hydrogen-bond donors (Lipinski definition) is 2. The minimum absolute atomic E-state index is 0.167. The van der Waals surface area contributed by atoms with Crippen LogP contribution in [0.5, 0.6) is 0 Å². The monoisotopic (exact) mass is 440 g/mol. The number of amides is 2. The van der Waals surface area contributed by atoms with Gasteiger partial charge in [-0.15, -0.1) is 0 Å². The van der Waals surface area contributed by atoms with E-state index in [4.69, 9.17) is 0 Å². The Morgan fingerprint density at radius 3 is 2.33 bits per heavy atom. The summed E-state index contributed by atoms with van der Waals surface area (Å²) in [4.78, 5) is 43.4. The molecule has 2 N–H and O–H groups in total. The predicted molar refractivity (Wildman–Crippen MR) is 130 cm³/mol. The number of benzene rings is 3. The van der Waals surface area contributed by atoms with Crippen LogP contribution in [0.1, 0.15) is 26.3 Å². The second kappa shape index (κ2) is 9.48. The Morgan fingerprint density at radius 1 is 0.909 bits per heavy atom. The smallest absolute Gasteiger partial charge is 0.278 e. The first-order valence-corrected chi connectivity index (χ1v) is 10.8. The number of para-hydroxylation sites is 4. The highest BCUT2D eigenvalue weighted by atomic mass is 16.2. The Labute approximate surface area is 191 Å². The van der Waals surface area contributed by atoms with Crippen molar-refractivity contribution in [2.24, 2.45) is 0 Å². The summed E-state index contributed by atoms with van der Waals surface area (Å²) < 4.78 is 1.45. The molecule has 0 saturated heterocycles. The van der Waals surface area contributed by atoms with E-state index in [0.29, 0.717) is 34.4 Å². The summed E-state index contributed by atoms with van der Waals surface area (Å²) in [6.45, 7) is 3.44. The van der Waals surface area contributed by atoms with E-state index in [1.54, 1.807) is 68.4 Å². The molecule has 7 heteroatoms. The fraction of sp³-hybridized carbons (Fsp3) is 0.154. The molecule has 33 heavy (non-hydrogen) atoms. The van der Waals surface area contributed by atoms with Gasteiger partial charge in [-0.2, -0.15) is 0 Å². The molecule has 1 aromatic heterocycles. The van der Waals surface area contributed by atoms with Crippen molar-refractivity contribution in [2.45, 2.75) is 26.3 Å². The van der Waals surface area contributed by atoms with Crippen molar-refractivity contribution < 1.29 is 9.59 Å². The molecule has 0 fully saturated rings. The van der Waals surface area contributed by atoms with E-state index in [9.17, 15) is 14.4 Å². The SMILES string of the molecule is CCC(=O)Nc1ccccc1-c1nc2ccccc2n([C@@H](C)C(=O)Nc2ccccc2)c1=O. The summed E-state index contributed by atoms with van der Waals surface area (Å²) in [5, 5.41) is 5.69. The molecule has 166 valence electrons. The molecule has 1 heterocycles. The summed E-state index contributed by atoms with van der Waals surface area (Å²) in [5.41, 5.74) is 2.52. The lowest BCUT2D eigenvalue weighted by atomic mass is 10.1. The first-order valence-electron chi connectivity index (χ1n) is 10.8. The van der Waals surface area contributed by atoms with Gasteiger partial charge in [-0.05, 0) is 37.3 Å². The third-order valence-electron chi connectivity index (χ3n) is 5.38. The molecule has 1 atom stereocenters. The number of rotatable bonds is 6. The highest BCUT2D eigenvalue weighted by molar-refractivity contribution is 5.96. The Morgan fingerprint density at radius 2 is 1.58 bits per heavy atom.